The van der Waals surface area contributed by atoms with Crippen molar-refractivity contribution in [1.29, 1.82) is 0 Å². The molecule has 0 bridgehead atoms. The summed E-state index contributed by atoms with van der Waals surface area (Å²) in [6, 6.07) is 0.282. The molecule has 2 aliphatic heterocycles. The Labute approximate surface area is 123 Å². The molecule has 2 heterocycles. The van der Waals surface area contributed by atoms with Gasteiger partial charge in [0.2, 0.25) is 0 Å². The van der Waals surface area contributed by atoms with Gasteiger partial charge in [-0.25, -0.2) is 4.79 Å². The highest BCUT2D eigenvalue weighted by atomic mass is 32.3. The first kappa shape index (κ1) is 18.1. The third-order valence-electron chi connectivity index (χ3n) is 2.93. The number of carbonyl (C=O) groups excluding carboxylic acids is 1. The molecule has 0 aromatic heterocycles. The second-order valence-corrected chi connectivity index (χ2v) is 6.85. The van der Waals surface area contributed by atoms with E-state index < -0.39 is 20.8 Å². The fourth-order valence-corrected chi connectivity index (χ4v) is 2.99. The molecule has 0 atom stereocenters. The predicted molar refractivity (Wildman–Crippen MR) is 71.2 cm³/mol. The molecule has 12 heteroatoms. The summed E-state index contributed by atoms with van der Waals surface area (Å²) in [4.78, 5) is 15.7. The quantitative estimate of drug-likeness (QED) is 0.660. The lowest BCUT2D eigenvalue weighted by Crippen LogP contribution is -2.39. The van der Waals surface area contributed by atoms with E-state index in [4.69, 9.17) is 9.11 Å². The van der Waals surface area contributed by atoms with Gasteiger partial charge in [-0.2, -0.15) is 16.8 Å². The molecule has 2 aliphatic rings. The van der Waals surface area contributed by atoms with Crippen molar-refractivity contribution in [3.05, 3.63) is 0 Å². The van der Waals surface area contributed by atoms with Crippen LogP contribution >= 0.6 is 0 Å². The molecule has 0 unspecified atom stereocenters. The third-order valence-corrected chi connectivity index (χ3v) is 4.30. The van der Waals surface area contributed by atoms with E-state index in [1.165, 1.54) is 25.7 Å². The number of likely N-dealkylation sites (tertiary alicyclic amines) is 2. The van der Waals surface area contributed by atoms with Crippen LogP contribution in [-0.2, 0) is 24.4 Å². The van der Waals surface area contributed by atoms with Crippen LogP contribution in [0.2, 0.25) is 0 Å². The van der Waals surface area contributed by atoms with Gasteiger partial charge in [0.25, 0.3) is 0 Å². The average Bonchev–Trinajstić information content (AvgIpc) is 2.98. The van der Waals surface area contributed by atoms with Crippen molar-refractivity contribution in [2.45, 2.75) is 25.7 Å². The minimum atomic E-state index is -5.12. The first-order chi connectivity index (χ1) is 9.58. The van der Waals surface area contributed by atoms with Crippen LogP contribution in [0, 0.1) is 0 Å². The van der Waals surface area contributed by atoms with E-state index >= 15 is 0 Å². The van der Waals surface area contributed by atoms with E-state index in [2.05, 4.69) is 3.63 Å². The van der Waals surface area contributed by atoms with E-state index in [0.29, 0.717) is 0 Å². The van der Waals surface area contributed by atoms with Crippen LogP contribution in [0.25, 0.3) is 0 Å². The van der Waals surface area contributed by atoms with Crippen molar-refractivity contribution >= 4 is 26.8 Å². The first-order valence-electron chi connectivity index (χ1n) is 6.28. The molecule has 124 valence electrons. The molecule has 0 aromatic rings. The molecule has 2 amide bonds. The van der Waals surface area contributed by atoms with Crippen LogP contribution in [0.5, 0.6) is 0 Å². The predicted octanol–water partition coefficient (Wildman–Crippen LogP) is -0.0934. The van der Waals surface area contributed by atoms with Crippen molar-refractivity contribution < 1.29 is 34.4 Å². The molecule has 0 saturated carbocycles. The fourth-order valence-electron chi connectivity index (χ4n) is 2.13. The summed E-state index contributed by atoms with van der Waals surface area (Å²) >= 11 is 0. The van der Waals surface area contributed by atoms with Crippen LogP contribution in [0.1, 0.15) is 25.7 Å². The molecule has 2 saturated heterocycles. The molecular weight excluding hydrogens is 328 g/mol. The first-order valence-corrected chi connectivity index (χ1v) is 9.01. The third kappa shape index (κ3) is 7.57. The van der Waals surface area contributed by atoms with Crippen molar-refractivity contribution in [1.82, 2.24) is 9.80 Å². The molecule has 2 rings (SSSR count). The lowest BCUT2D eigenvalue weighted by Gasteiger charge is -2.23. The number of hydrogen-bond donors (Lipinski definition) is 2. The van der Waals surface area contributed by atoms with Crippen molar-refractivity contribution in [2.24, 2.45) is 0 Å². The number of rotatable bonds is 2. The van der Waals surface area contributed by atoms with E-state index in [0.717, 1.165) is 26.2 Å². The Morgan fingerprint density at radius 2 is 1.05 bits per heavy atom. The maximum Gasteiger partial charge on any atom is 0.413 e. The monoisotopic (exact) mass is 346 g/mol. The molecule has 0 aromatic carbocycles. The zero-order chi connectivity index (χ0) is 16.1. The van der Waals surface area contributed by atoms with E-state index in [9.17, 15) is 21.6 Å². The number of carbonyl (C=O) groups is 1. The highest BCUT2D eigenvalue weighted by Crippen LogP contribution is 2.14. The van der Waals surface area contributed by atoms with Gasteiger partial charge in [0.15, 0.2) is 0 Å². The SMILES string of the molecule is O=C(N1CCCC1)N1CCCC1.O=S(=O)(O)OS(=O)(=O)O. The number of urea groups is 1. The van der Waals surface area contributed by atoms with E-state index in [-0.39, 0.29) is 6.03 Å². The Morgan fingerprint density at radius 3 is 1.24 bits per heavy atom. The average molecular weight is 346 g/mol. The zero-order valence-electron chi connectivity index (χ0n) is 11.2. The molecule has 10 nitrogen and oxygen atoms in total. The largest absolute Gasteiger partial charge is 0.413 e. The van der Waals surface area contributed by atoms with Crippen molar-refractivity contribution in [3.8, 4) is 0 Å². The van der Waals surface area contributed by atoms with Gasteiger partial charge in [0, 0.05) is 26.2 Å². The molecular formula is C9H18N2O8S2. The second-order valence-electron chi connectivity index (χ2n) is 4.59. The van der Waals surface area contributed by atoms with Gasteiger partial charge in [-0.15, -0.1) is 3.63 Å². The van der Waals surface area contributed by atoms with E-state index in [1.54, 1.807) is 0 Å². The summed E-state index contributed by atoms with van der Waals surface area (Å²) in [7, 11) is -10.2. The molecule has 2 fully saturated rings. The Kier molecular flexibility index (Phi) is 6.34. The normalized spacial score (nSPS) is 19.3. The second kappa shape index (κ2) is 7.35. The van der Waals surface area contributed by atoms with Crippen LogP contribution in [0.15, 0.2) is 0 Å². The smallest absolute Gasteiger partial charge is 0.325 e. The summed E-state index contributed by atoms with van der Waals surface area (Å²) < 4.78 is 55.6. The minimum Gasteiger partial charge on any atom is -0.325 e. The van der Waals surface area contributed by atoms with Crippen molar-refractivity contribution in [2.75, 3.05) is 26.2 Å². The minimum absolute atomic E-state index is 0.282. The van der Waals surface area contributed by atoms with Crippen LogP contribution in [0.3, 0.4) is 0 Å². The number of amides is 2. The maximum atomic E-state index is 11.7. The van der Waals surface area contributed by atoms with Gasteiger partial charge in [-0.05, 0) is 25.7 Å². The lowest BCUT2D eigenvalue weighted by atomic mass is 10.4. The Balaban J connectivity index is 0.000000222. The lowest BCUT2D eigenvalue weighted by molar-refractivity contribution is 0.173. The Hall–Kier alpha value is -0.950. The standard InChI is InChI=1S/C9H16N2O.H2O7S2/c12-9(10-5-1-2-6-10)11-7-3-4-8-11;1-8(2,3)7-9(4,5)6/h1-8H2;(H,1,2,3)(H,4,5,6). The highest BCUT2D eigenvalue weighted by Gasteiger charge is 2.25. The molecule has 0 aliphatic carbocycles. The number of nitrogens with zero attached hydrogens (tertiary/aromatic N) is 2. The Morgan fingerprint density at radius 1 is 0.762 bits per heavy atom. The fraction of sp³-hybridized carbons (Fsp3) is 0.889. The summed E-state index contributed by atoms with van der Waals surface area (Å²) in [5.41, 5.74) is 0. The molecule has 0 radical (unpaired) electrons. The summed E-state index contributed by atoms with van der Waals surface area (Å²) in [6.07, 6.45) is 4.78. The maximum absolute atomic E-state index is 11.7. The van der Waals surface area contributed by atoms with Gasteiger partial charge in [0.1, 0.15) is 0 Å². The van der Waals surface area contributed by atoms with Crippen molar-refractivity contribution in [3.63, 3.8) is 0 Å². The van der Waals surface area contributed by atoms with Crippen LogP contribution in [-0.4, -0.2) is 68.0 Å². The number of hydrogen-bond acceptors (Lipinski definition) is 6. The van der Waals surface area contributed by atoms with Crippen LogP contribution in [0.4, 0.5) is 4.79 Å². The topological polar surface area (TPSA) is 142 Å². The molecule has 2 N–H and O–H groups in total. The van der Waals surface area contributed by atoms with Gasteiger partial charge in [-0.3, -0.25) is 9.11 Å². The van der Waals surface area contributed by atoms with Crippen LogP contribution < -0.4 is 0 Å². The van der Waals surface area contributed by atoms with Gasteiger partial charge < -0.3 is 9.80 Å². The van der Waals surface area contributed by atoms with Gasteiger partial charge >= 0.3 is 26.8 Å². The summed E-state index contributed by atoms with van der Waals surface area (Å²) in [5, 5.41) is 0. The molecule has 0 spiro atoms. The van der Waals surface area contributed by atoms with E-state index in [1.807, 2.05) is 9.80 Å². The highest BCUT2D eigenvalue weighted by molar-refractivity contribution is 7.94. The summed E-state index contributed by atoms with van der Waals surface area (Å²) in [5.74, 6) is 0. The van der Waals surface area contributed by atoms with Gasteiger partial charge in [-0.1, -0.05) is 0 Å². The molecule has 21 heavy (non-hydrogen) atoms. The van der Waals surface area contributed by atoms with Gasteiger partial charge in [0.05, 0.1) is 0 Å². The Bertz CT molecular complexity index is 498. The summed E-state index contributed by atoms with van der Waals surface area (Å²) in [6.45, 7) is 3.93. The zero-order valence-corrected chi connectivity index (χ0v) is 12.8.